The smallest absolute Gasteiger partial charge is 0.326 e. The molecule has 0 aliphatic carbocycles. The number of aliphatic carboxylic acids is 1. The Kier molecular flexibility index (Phi) is 37.2. The fraction of sp³-hybridized carbons (Fsp3) is 0.500. The monoisotopic (exact) mass is 1500 g/mol. The van der Waals surface area contributed by atoms with Gasteiger partial charge in [-0.05, 0) is 156 Å². The van der Waals surface area contributed by atoms with Gasteiger partial charge < -0.3 is 85.5 Å². The van der Waals surface area contributed by atoms with Crippen molar-refractivity contribution in [3.8, 4) is 0 Å². The summed E-state index contributed by atoms with van der Waals surface area (Å²) in [5, 5.41) is 50.6. The van der Waals surface area contributed by atoms with E-state index in [0.717, 1.165) is 10.8 Å². The molecule has 5 aromatic rings. The number of benzene rings is 2. The fourth-order valence-corrected chi connectivity index (χ4v) is 11.8. The number of pyridine rings is 3. The molecule has 4 heterocycles. The molecule has 0 radical (unpaired) electrons. The molecule has 586 valence electrons. The minimum Gasteiger partial charge on any atom is -0.480 e. The molecule has 3 aromatic heterocycles. The van der Waals surface area contributed by atoms with Crippen molar-refractivity contribution in [1.29, 1.82) is 0 Å². The van der Waals surface area contributed by atoms with E-state index < -0.39 is 150 Å². The van der Waals surface area contributed by atoms with Crippen LogP contribution < -0.4 is 70.4 Å². The standard InChI is InChI=1S/C73H99N15O14.C3H8N2O/c1-44(2)36-58(68(96)84-57(24-11-12-31-78-45(3)4)72(100)88-35-17-25-62(88)73(101)102)85-67(95)56(23-10-14-33-80-65(93)52-21-16-30-76-41-52)82-66(94)55(22-9-13-32-79-64(92)51-20-15-29-75-40-51)83-71(99)61(43-89)87-70(98)60(39-53-42-77-34-28-54(53)63(91)46(5)74)86-69(97)59(81-47(6)90)38-48-26-27-49-18-7-8-19-50(49)37-48;1-2(4)3(5)6/h7-8,15-16,18-21,26-30,34,37,40-42,44-46,55-62,78,89H,9-14,17,22-25,31-33,35-36,38-39,43,74H2,1-6H3,(H,79,92)(H,80,93)(H,81,90)(H,82,94)(H,83,99)(H,84,96)(H,85,95)(H,86,97)(H,87,98)(H,101,102);2H,4H2,1H3,(H2,5,6)/t46-,55-,56+,57-,58-,59+,60+,61-,62-;2-/m01/s1. The van der Waals surface area contributed by atoms with Gasteiger partial charge in [0, 0.05) is 88.2 Å². The molecule has 0 unspecified atom stereocenters. The molecule has 11 amide bonds. The number of carboxylic acids is 1. The number of amides is 11. The van der Waals surface area contributed by atoms with E-state index in [2.05, 4.69) is 73.9 Å². The van der Waals surface area contributed by atoms with Gasteiger partial charge in [-0.2, -0.15) is 0 Å². The predicted molar refractivity (Wildman–Crippen MR) is 402 cm³/mol. The topological polar surface area (TPSA) is 503 Å². The zero-order valence-electron chi connectivity index (χ0n) is 62.5. The predicted octanol–water partition coefficient (Wildman–Crippen LogP) is 1.06. The van der Waals surface area contributed by atoms with E-state index in [-0.39, 0.29) is 112 Å². The van der Waals surface area contributed by atoms with E-state index in [4.69, 9.17) is 11.5 Å². The summed E-state index contributed by atoms with van der Waals surface area (Å²) in [4.78, 5) is 191. The van der Waals surface area contributed by atoms with Crippen LogP contribution in [0.3, 0.4) is 0 Å². The Labute approximate surface area is 629 Å². The Hall–Kier alpha value is -10.7. The number of carboxylic acid groups (broad SMARTS) is 1. The summed E-state index contributed by atoms with van der Waals surface area (Å²) in [6.45, 7) is 11.8. The lowest BCUT2D eigenvalue weighted by Crippen LogP contribution is -2.61. The first-order valence-electron chi connectivity index (χ1n) is 36.6. The van der Waals surface area contributed by atoms with Crippen LogP contribution >= 0.6 is 0 Å². The van der Waals surface area contributed by atoms with Crippen LogP contribution in [-0.4, -0.2) is 206 Å². The Morgan fingerprint density at radius 3 is 1.52 bits per heavy atom. The largest absolute Gasteiger partial charge is 0.480 e. The van der Waals surface area contributed by atoms with Crippen molar-refractivity contribution < 1.29 is 72.5 Å². The van der Waals surface area contributed by atoms with E-state index in [1.807, 2.05) is 64.1 Å². The van der Waals surface area contributed by atoms with E-state index in [1.54, 1.807) is 37.3 Å². The maximum absolute atomic E-state index is 15.0. The van der Waals surface area contributed by atoms with Crippen molar-refractivity contribution >= 4 is 87.5 Å². The number of likely N-dealkylation sites (tertiary alicyclic amines) is 1. The summed E-state index contributed by atoms with van der Waals surface area (Å²) in [6, 6.07) is 8.14. The van der Waals surface area contributed by atoms with Crippen LogP contribution in [-0.2, 0) is 60.8 Å². The molecule has 108 heavy (non-hydrogen) atoms. The second-order valence-corrected chi connectivity index (χ2v) is 27.5. The molecule has 1 saturated heterocycles. The first-order valence-corrected chi connectivity index (χ1v) is 36.6. The van der Waals surface area contributed by atoms with Crippen molar-refractivity contribution in [3.63, 3.8) is 0 Å². The van der Waals surface area contributed by atoms with Gasteiger partial charge in [0.05, 0.1) is 29.8 Å². The lowest BCUT2D eigenvalue weighted by atomic mass is 9.96. The first-order chi connectivity index (χ1) is 51.5. The van der Waals surface area contributed by atoms with E-state index >= 15 is 4.79 Å². The van der Waals surface area contributed by atoms with Gasteiger partial charge in [-0.25, -0.2) is 4.79 Å². The number of carbonyl (C=O) groups is 13. The van der Waals surface area contributed by atoms with Crippen molar-refractivity contribution in [2.45, 2.75) is 205 Å². The van der Waals surface area contributed by atoms with Gasteiger partial charge in [0.1, 0.15) is 48.3 Å². The number of fused-ring (bicyclic) bond motifs is 1. The van der Waals surface area contributed by atoms with Crippen LogP contribution in [0.5, 0.6) is 0 Å². The minimum absolute atomic E-state index is 0.0357. The van der Waals surface area contributed by atoms with Crippen LogP contribution in [0.1, 0.15) is 168 Å². The molecule has 0 bridgehead atoms. The molecule has 18 N–H and O–H groups in total. The number of unbranched alkanes of at least 4 members (excludes halogenated alkanes) is 3. The van der Waals surface area contributed by atoms with Crippen molar-refractivity contribution in [2.75, 3.05) is 32.8 Å². The van der Waals surface area contributed by atoms with Gasteiger partial charge >= 0.3 is 5.97 Å². The third kappa shape index (κ3) is 29.9. The van der Waals surface area contributed by atoms with Gasteiger partial charge in [-0.3, -0.25) is 72.5 Å². The highest BCUT2D eigenvalue weighted by molar-refractivity contribution is 6.02. The number of rotatable bonds is 43. The van der Waals surface area contributed by atoms with Crippen LogP contribution in [0.25, 0.3) is 10.8 Å². The molecule has 1 aliphatic rings. The van der Waals surface area contributed by atoms with Crippen molar-refractivity contribution in [1.82, 2.24) is 73.0 Å². The molecule has 1 fully saturated rings. The normalized spacial score (nSPS) is 15.0. The summed E-state index contributed by atoms with van der Waals surface area (Å²) in [5.41, 5.74) is 17.2. The summed E-state index contributed by atoms with van der Waals surface area (Å²) in [7, 11) is 0. The average molecular weight is 1500 g/mol. The molecule has 1 aliphatic heterocycles. The number of aliphatic hydroxyl groups excluding tert-OH is 1. The maximum Gasteiger partial charge on any atom is 0.326 e. The van der Waals surface area contributed by atoms with Gasteiger partial charge in [0.2, 0.25) is 53.2 Å². The summed E-state index contributed by atoms with van der Waals surface area (Å²) in [6.07, 6.45) is 10.6. The quantitative estimate of drug-likeness (QED) is 0.0192. The third-order valence-corrected chi connectivity index (χ3v) is 17.6. The minimum atomic E-state index is -1.85. The van der Waals surface area contributed by atoms with Crippen molar-refractivity contribution in [2.24, 2.45) is 23.1 Å². The van der Waals surface area contributed by atoms with Crippen molar-refractivity contribution in [3.05, 3.63) is 138 Å². The lowest BCUT2D eigenvalue weighted by Gasteiger charge is -2.30. The third-order valence-electron chi connectivity index (χ3n) is 17.6. The number of ketones is 1. The Morgan fingerprint density at radius 2 is 1.01 bits per heavy atom. The fourth-order valence-electron chi connectivity index (χ4n) is 11.8. The van der Waals surface area contributed by atoms with E-state index in [1.165, 1.54) is 62.0 Å². The number of nitrogens with one attached hydrogen (secondary N) is 10. The molecule has 2 aromatic carbocycles. The van der Waals surface area contributed by atoms with Crippen LogP contribution in [0.2, 0.25) is 0 Å². The Bertz CT molecular complexity index is 3830. The summed E-state index contributed by atoms with van der Waals surface area (Å²) < 4.78 is 0. The van der Waals surface area contributed by atoms with Gasteiger partial charge in [-0.1, -0.05) is 70.2 Å². The molecule has 32 heteroatoms. The SMILES string of the molecule is CC(=O)N[C@H](Cc1ccc2ccccc2c1)C(=O)N[C@H](Cc1cnccc1C(=O)[C@H](C)N)C(=O)N[C@@H](CO)C(=O)N[C@@H](CCCCNC(=O)c1cccnc1)C(=O)N[C@H](CCCCNC(=O)c1cccnc1)C(=O)N[C@@H](CC(C)C)C(=O)N[C@@H](CCCCNC(C)C)C(=O)N1CCC[C@H]1C(=O)O.C[C@@H](N)C(N)=O. The number of aromatic nitrogens is 3. The lowest BCUT2D eigenvalue weighted by molar-refractivity contribution is -0.149. The molecule has 32 nitrogen and oxygen atoms in total. The molecular formula is C76H107N17O15. The average Bonchev–Trinajstić information content (AvgIpc) is 1.22. The number of nitrogens with two attached hydrogens (primary N) is 3. The van der Waals surface area contributed by atoms with Crippen LogP contribution in [0, 0.1) is 5.92 Å². The number of nitrogens with zero attached hydrogens (tertiary/aromatic N) is 4. The molecule has 10 atom stereocenters. The number of carbonyl (C=O) groups excluding carboxylic acids is 12. The number of Topliss-reactive ketones (excluding diaryl/α,β-unsaturated/α-hetero) is 1. The first kappa shape index (κ1) is 87.9. The van der Waals surface area contributed by atoms with E-state index in [9.17, 15) is 67.7 Å². The summed E-state index contributed by atoms with van der Waals surface area (Å²) >= 11 is 0. The molecule has 0 saturated carbocycles. The highest BCUT2D eigenvalue weighted by atomic mass is 16.4. The van der Waals surface area contributed by atoms with E-state index in [0.29, 0.717) is 36.9 Å². The molecule has 0 spiro atoms. The Balaban J connectivity index is 0.00000334. The number of hydrogen-bond donors (Lipinski definition) is 15. The summed E-state index contributed by atoms with van der Waals surface area (Å²) in [5.74, 6) is -9.88. The highest BCUT2D eigenvalue weighted by Gasteiger charge is 2.40. The van der Waals surface area contributed by atoms with Gasteiger partial charge in [0.15, 0.2) is 5.78 Å². The second kappa shape index (κ2) is 45.7. The van der Waals surface area contributed by atoms with Gasteiger partial charge in [0.25, 0.3) is 11.8 Å². The zero-order valence-corrected chi connectivity index (χ0v) is 62.5. The van der Waals surface area contributed by atoms with Crippen LogP contribution in [0.15, 0.2) is 110 Å². The highest BCUT2D eigenvalue weighted by Crippen LogP contribution is 2.22. The molecular weight excluding hydrogens is 1390 g/mol. The Morgan fingerprint density at radius 1 is 0.528 bits per heavy atom. The van der Waals surface area contributed by atoms with Gasteiger partial charge in [-0.15, -0.1) is 0 Å². The number of aliphatic hydroxyl groups is 1. The maximum atomic E-state index is 15.0. The number of hydrogen-bond acceptors (Lipinski definition) is 20. The second-order valence-electron chi connectivity index (χ2n) is 27.5. The van der Waals surface area contributed by atoms with Crippen LogP contribution in [0.4, 0.5) is 0 Å². The zero-order chi connectivity index (χ0) is 79.4. The number of primary amides is 1. The molecule has 6 rings (SSSR count).